The highest BCUT2D eigenvalue weighted by Gasteiger charge is 2.52. The summed E-state index contributed by atoms with van der Waals surface area (Å²) in [5.41, 5.74) is 1.90. The first-order valence-corrected chi connectivity index (χ1v) is 9.62. The summed E-state index contributed by atoms with van der Waals surface area (Å²) in [6, 6.07) is 0. The second kappa shape index (κ2) is 10.0. The van der Waals surface area contributed by atoms with Crippen molar-refractivity contribution in [3.8, 4) is 0 Å². The first kappa shape index (κ1) is 20.2. The van der Waals surface area contributed by atoms with Crippen molar-refractivity contribution in [2.24, 2.45) is 0 Å². The Kier molecular flexibility index (Phi) is 9.65. The molecule has 5 heteroatoms. The van der Waals surface area contributed by atoms with Gasteiger partial charge in [0.1, 0.15) is 11.5 Å². The maximum atomic E-state index is 6.07. The van der Waals surface area contributed by atoms with Gasteiger partial charge in [-0.05, 0) is 66.5 Å². The molecule has 0 radical (unpaired) electrons. The molecular formula is C16H32O4Si. The molecular weight excluding hydrogens is 284 g/mol. The molecule has 0 N–H and O–H groups in total. The molecule has 0 amide bonds. The van der Waals surface area contributed by atoms with Crippen molar-refractivity contribution >= 4 is 8.56 Å². The van der Waals surface area contributed by atoms with Crippen molar-refractivity contribution in [2.75, 3.05) is 13.2 Å². The number of allylic oxidation sites excluding steroid dienone is 2. The Morgan fingerprint density at radius 2 is 1.14 bits per heavy atom. The molecule has 124 valence electrons. The van der Waals surface area contributed by atoms with E-state index < -0.39 is 8.56 Å². The van der Waals surface area contributed by atoms with Crippen LogP contribution in [-0.4, -0.2) is 33.2 Å². The summed E-state index contributed by atoms with van der Waals surface area (Å²) < 4.78 is 23.8. The molecule has 0 saturated carbocycles. The molecule has 0 aliphatic carbocycles. The van der Waals surface area contributed by atoms with Crippen LogP contribution in [0.1, 0.15) is 55.4 Å². The minimum Gasteiger partial charge on any atom is -0.496 e. The van der Waals surface area contributed by atoms with Crippen molar-refractivity contribution in [3.05, 3.63) is 23.7 Å². The van der Waals surface area contributed by atoms with Crippen LogP contribution in [0.5, 0.6) is 0 Å². The fourth-order valence-electron chi connectivity index (χ4n) is 1.96. The van der Waals surface area contributed by atoms with Crippen molar-refractivity contribution in [1.29, 1.82) is 0 Å². The third kappa shape index (κ3) is 6.67. The fraction of sp³-hybridized carbons (Fsp3) is 0.750. The second-order valence-electron chi connectivity index (χ2n) is 5.53. The summed E-state index contributed by atoms with van der Waals surface area (Å²) in [4.78, 5) is 0. The van der Waals surface area contributed by atoms with Gasteiger partial charge in [-0.1, -0.05) is 0 Å². The highest BCUT2D eigenvalue weighted by atomic mass is 28.4. The maximum absolute atomic E-state index is 6.07. The van der Waals surface area contributed by atoms with Crippen LogP contribution in [0.4, 0.5) is 0 Å². The Hall–Kier alpha value is -0.783. The number of hydrogen-bond donors (Lipinski definition) is 0. The third-order valence-electron chi connectivity index (χ3n) is 2.89. The lowest BCUT2D eigenvalue weighted by atomic mass is 10.4. The first-order valence-electron chi connectivity index (χ1n) is 7.65. The molecule has 21 heavy (non-hydrogen) atoms. The van der Waals surface area contributed by atoms with Crippen molar-refractivity contribution < 1.29 is 18.3 Å². The topological polar surface area (TPSA) is 36.9 Å². The lowest BCUT2D eigenvalue weighted by molar-refractivity contribution is 0.0601. The summed E-state index contributed by atoms with van der Waals surface area (Å²) in [6.45, 7) is 17.1. The van der Waals surface area contributed by atoms with Crippen molar-refractivity contribution in [1.82, 2.24) is 0 Å². The van der Waals surface area contributed by atoms with Gasteiger partial charge >= 0.3 is 8.56 Å². The molecule has 0 aromatic carbocycles. The zero-order valence-electron chi connectivity index (χ0n) is 14.9. The minimum atomic E-state index is -2.67. The van der Waals surface area contributed by atoms with E-state index >= 15 is 0 Å². The lowest BCUT2D eigenvalue weighted by Gasteiger charge is -2.37. The van der Waals surface area contributed by atoms with Gasteiger partial charge in [0.2, 0.25) is 0 Å². The number of ether oxygens (including phenoxy) is 2. The molecule has 0 aliphatic rings. The molecule has 2 atom stereocenters. The van der Waals surface area contributed by atoms with Crippen LogP contribution in [0.25, 0.3) is 0 Å². The molecule has 0 aromatic rings. The van der Waals surface area contributed by atoms with E-state index in [9.17, 15) is 0 Å². The summed E-state index contributed by atoms with van der Waals surface area (Å²) in [6.07, 6.45) is 3.52. The molecule has 0 saturated heterocycles. The van der Waals surface area contributed by atoms with Gasteiger partial charge < -0.3 is 18.3 Å². The molecule has 0 heterocycles. The van der Waals surface area contributed by atoms with Gasteiger partial charge in [0, 0.05) is 13.2 Å². The van der Waals surface area contributed by atoms with E-state index in [4.69, 9.17) is 18.3 Å². The third-order valence-corrected chi connectivity index (χ3v) is 6.91. The molecule has 0 fully saturated rings. The van der Waals surface area contributed by atoms with E-state index in [1.54, 1.807) is 12.5 Å². The van der Waals surface area contributed by atoms with Crippen LogP contribution in [-0.2, 0) is 18.3 Å². The SMILES string of the molecule is CCO[Si](OCC)(C(C)OC=C(C)C)C(C)OC=C(C)C. The largest absolute Gasteiger partial charge is 0.496 e. The Bertz CT molecular complexity index is 310. The van der Waals surface area contributed by atoms with Crippen LogP contribution >= 0.6 is 0 Å². The summed E-state index contributed by atoms with van der Waals surface area (Å²) in [5, 5.41) is 0. The van der Waals surface area contributed by atoms with Gasteiger partial charge in [-0.15, -0.1) is 0 Å². The van der Waals surface area contributed by atoms with Crippen LogP contribution in [0, 0.1) is 0 Å². The number of hydrogen-bond acceptors (Lipinski definition) is 4. The Morgan fingerprint density at radius 1 is 0.810 bits per heavy atom. The van der Waals surface area contributed by atoms with Gasteiger partial charge in [0.25, 0.3) is 0 Å². The van der Waals surface area contributed by atoms with Crippen LogP contribution in [0.15, 0.2) is 23.7 Å². The normalized spacial score (nSPS) is 14.1. The molecule has 4 nitrogen and oxygen atoms in total. The van der Waals surface area contributed by atoms with E-state index in [1.807, 2.05) is 55.4 Å². The number of rotatable bonds is 10. The van der Waals surface area contributed by atoms with Gasteiger partial charge in [-0.25, -0.2) is 0 Å². The van der Waals surface area contributed by atoms with Gasteiger partial charge in [-0.3, -0.25) is 0 Å². The summed E-state index contributed by atoms with van der Waals surface area (Å²) in [5.74, 6) is 0. The van der Waals surface area contributed by atoms with Crippen molar-refractivity contribution in [2.45, 2.75) is 66.8 Å². The average molecular weight is 317 g/mol. The minimum absolute atomic E-state index is 0.159. The zero-order chi connectivity index (χ0) is 16.5. The van der Waals surface area contributed by atoms with E-state index in [-0.39, 0.29) is 11.5 Å². The van der Waals surface area contributed by atoms with Crippen LogP contribution in [0.3, 0.4) is 0 Å². The van der Waals surface area contributed by atoms with Crippen molar-refractivity contribution in [3.63, 3.8) is 0 Å². The van der Waals surface area contributed by atoms with E-state index in [0.717, 1.165) is 11.1 Å². The highest BCUT2D eigenvalue weighted by Crippen LogP contribution is 2.23. The van der Waals surface area contributed by atoms with Crippen LogP contribution < -0.4 is 0 Å². The van der Waals surface area contributed by atoms with Gasteiger partial charge in [-0.2, -0.15) is 0 Å². The average Bonchev–Trinajstić information content (AvgIpc) is 2.41. The molecule has 0 bridgehead atoms. The predicted octanol–water partition coefficient (Wildman–Crippen LogP) is 4.24. The molecule has 0 aromatic heterocycles. The van der Waals surface area contributed by atoms with Gasteiger partial charge in [0.15, 0.2) is 0 Å². The van der Waals surface area contributed by atoms with Gasteiger partial charge in [0.05, 0.1) is 12.5 Å². The Balaban J connectivity index is 5.29. The molecule has 0 aliphatic heterocycles. The quantitative estimate of drug-likeness (QED) is 0.446. The lowest BCUT2D eigenvalue weighted by Crippen LogP contribution is -2.61. The smallest absolute Gasteiger partial charge is 0.421 e. The van der Waals surface area contributed by atoms with E-state index in [0.29, 0.717) is 13.2 Å². The summed E-state index contributed by atoms with van der Waals surface area (Å²) in [7, 11) is -2.67. The molecule has 0 spiro atoms. The van der Waals surface area contributed by atoms with Crippen LogP contribution in [0.2, 0.25) is 0 Å². The van der Waals surface area contributed by atoms with E-state index in [2.05, 4.69) is 0 Å². The highest BCUT2D eigenvalue weighted by molar-refractivity contribution is 6.70. The molecule has 2 unspecified atom stereocenters. The van der Waals surface area contributed by atoms with E-state index in [1.165, 1.54) is 0 Å². The predicted molar refractivity (Wildman–Crippen MR) is 89.0 cm³/mol. The first-order chi connectivity index (χ1) is 9.80. The summed E-state index contributed by atoms with van der Waals surface area (Å²) >= 11 is 0. The molecule has 0 rings (SSSR count). The standard InChI is InChI=1S/C16H32O4Si/c1-9-19-21(20-10-2,15(7)17-11-13(3)4)16(8)18-12-14(5)6/h11-12,15-16H,9-10H2,1-8H3. The Labute approximate surface area is 131 Å². The second-order valence-corrected chi connectivity index (χ2v) is 9.18. The fourth-order valence-corrected chi connectivity index (χ4v) is 5.06. The maximum Gasteiger partial charge on any atom is 0.421 e. The Morgan fingerprint density at radius 3 is 1.38 bits per heavy atom. The zero-order valence-corrected chi connectivity index (χ0v) is 15.9. The monoisotopic (exact) mass is 316 g/mol.